The molecule has 5 spiro atoms. The van der Waals surface area contributed by atoms with E-state index < -0.39 is 5.60 Å². The van der Waals surface area contributed by atoms with Gasteiger partial charge in [-0.2, -0.15) is 5.26 Å². The molecule has 17 amide bonds. The van der Waals surface area contributed by atoms with Gasteiger partial charge in [-0.15, -0.1) is 11.3 Å². The predicted octanol–water partition coefficient (Wildman–Crippen LogP) is 12.3. The van der Waals surface area contributed by atoms with Crippen molar-refractivity contribution in [3.63, 3.8) is 0 Å². The maximum atomic E-state index is 12.8. The van der Waals surface area contributed by atoms with Gasteiger partial charge < -0.3 is 96.1 Å². The number of nitrogens with zero attached hydrogens (tertiary/aromatic N) is 17. The number of rotatable bonds is 21. The Hall–Kier alpha value is -13.2. The SMILES string of the molecule is CC(=O)NCC(C)OC(=O)N1CCC2(CC1)CC2CNC(=O)N1Cc2ccncc2C1.CC(C)(O)CCC(=O)N1CCC2(CC1)CC2CNC(=O)N1Cc2ccncc2C1.CC1(NC(=O)N2CCC3(CC2)CC3CNC(=O)N2Cc3ccncc3C2)CCC1.N#Cc1ccccc1CC(=O)N1CCC2(CC1)CC2CNC(=O)N1Cc2ccncc2C1.O=C(Cc1nccs1)N1CCC2(CC1)CC2CNC(=O)N1Cc2ccncc2C1. The molecular formula is C112H146N24O13S. The molecule has 6 aromatic heterocycles. The molecule has 23 rings (SSSR count). The number of hydrogen-bond acceptors (Lipinski definition) is 21. The van der Waals surface area contributed by atoms with Crippen molar-refractivity contribution in [3.8, 4) is 6.07 Å². The van der Waals surface area contributed by atoms with E-state index in [1.807, 2.05) is 129 Å². The molecule has 6 aliphatic carbocycles. The Kier molecular flexibility index (Phi) is 31.7. The quantitative estimate of drug-likeness (QED) is 0.0331. The summed E-state index contributed by atoms with van der Waals surface area (Å²) in [4.78, 5) is 180. The molecule has 6 unspecified atom stereocenters. The van der Waals surface area contributed by atoms with Gasteiger partial charge in [0.05, 0.1) is 36.6 Å². The van der Waals surface area contributed by atoms with Crippen LogP contribution in [0.1, 0.15) is 235 Å². The van der Waals surface area contributed by atoms with E-state index >= 15 is 0 Å². The molecule has 1 aromatic carbocycles. The average Bonchev–Trinajstić information content (AvgIpc) is 1.60. The first-order valence-electron chi connectivity index (χ1n) is 54.2. The molecule has 7 aromatic rings. The van der Waals surface area contributed by atoms with Crippen LogP contribution in [0.15, 0.2) is 128 Å². The van der Waals surface area contributed by atoms with Crippen LogP contribution in [0.5, 0.6) is 0 Å². The minimum absolute atomic E-state index is 0.00230. The lowest BCUT2D eigenvalue weighted by Crippen LogP contribution is -2.56. The number of piperidine rings is 5. The van der Waals surface area contributed by atoms with Crippen molar-refractivity contribution in [1.82, 2.24) is 116 Å². The number of carbonyl (C=O) groups excluding carboxylic acids is 11. The van der Waals surface area contributed by atoms with Gasteiger partial charge in [0.25, 0.3) is 0 Å². The van der Waals surface area contributed by atoms with Gasteiger partial charge in [-0.25, -0.2) is 38.5 Å². The summed E-state index contributed by atoms with van der Waals surface area (Å²) in [6.45, 7) is 26.9. The molecule has 38 heteroatoms. The number of nitriles is 1. The fourth-order valence-electron chi connectivity index (χ4n) is 24.9. The normalized spacial score (nSPS) is 22.5. The highest BCUT2D eigenvalue weighted by atomic mass is 32.1. The summed E-state index contributed by atoms with van der Waals surface area (Å²) in [5.74, 6) is 2.86. The molecule has 0 radical (unpaired) electrons. The maximum Gasteiger partial charge on any atom is 0.410 e. The Morgan fingerprint density at radius 1 is 0.413 bits per heavy atom. The minimum Gasteiger partial charge on any atom is -0.445 e. The van der Waals surface area contributed by atoms with Crippen molar-refractivity contribution in [2.45, 2.75) is 259 Å². The summed E-state index contributed by atoms with van der Waals surface area (Å²) < 4.78 is 5.42. The maximum absolute atomic E-state index is 12.8. The van der Waals surface area contributed by atoms with Crippen LogP contribution in [0.2, 0.25) is 0 Å². The molecule has 8 N–H and O–H groups in total. The molecule has 10 aliphatic heterocycles. The van der Waals surface area contributed by atoms with Crippen LogP contribution >= 0.6 is 11.3 Å². The predicted molar refractivity (Wildman–Crippen MR) is 558 cm³/mol. The first kappa shape index (κ1) is 105. The second-order valence-electron chi connectivity index (χ2n) is 46.2. The molecule has 16 heterocycles. The Morgan fingerprint density at radius 2 is 0.733 bits per heavy atom. The van der Waals surface area contributed by atoms with Crippen molar-refractivity contribution in [2.24, 2.45) is 56.7 Å². The summed E-state index contributed by atoms with van der Waals surface area (Å²) in [7, 11) is 0. The number of amides is 17. The number of likely N-dealkylation sites (tertiary alicyclic amines) is 5. The van der Waals surface area contributed by atoms with Crippen LogP contribution in [-0.2, 0) is 102 Å². The van der Waals surface area contributed by atoms with E-state index in [4.69, 9.17) is 4.74 Å². The lowest BCUT2D eigenvalue weighted by atomic mass is 9.78. The van der Waals surface area contributed by atoms with Crippen molar-refractivity contribution in [1.29, 1.82) is 5.26 Å². The standard InChI is InChI=1S/C25H27N5O2.C22H31N5O4.C22H31N5O2.C22H32N4O3.C21H25N5O2S/c26-13-19-4-2-1-3-18(19)11-23(31)29-9-6-25(7-10-29)12-22(25)15-28-24(32)30-16-20-5-8-27-14-21(20)17-30;1-15(10-24-16(2)28)31-21(30)26-7-4-22(5-8-26)9-19(22)12-25-20(29)27-13-17-3-6-23-11-18(17)14-27;1-21(4-2-5-21)25-20(29)26-9-6-22(7-10-26)11-18(22)13-24-19(28)27-14-16-3-8-23-12-17(16)15-27;1-21(2,29)5-3-19(27)25-9-6-22(7-10-25)11-18(22)13-24-20(28)26-14-16-4-8-23-12-17(16)15-26;27-19(9-18-23-5-8-29-18)25-6-2-21(3-7-25)10-17(21)12-24-20(28)26-13-15-1-4-22-11-16(15)14-26/h1-5,8,14,22H,6-7,9-12,15-17H2,(H,28,32);3,6,11,15,19H,4-5,7-10,12-14H2,1-2H3,(H,24,28)(H,25,29);3,8,12,18H,2,4-7,9-11,13-15H2,1H3,(H,24,28)(H,25,29);4,8,12,18,29H,3,5-7,9-11,13-15H2,1-2H3,(H,24,28);1,4-5,8,11,17H,2-3,6-7,9-10,12-14H2,(H,24,28). The number of urea groups is 6. The van der Waals surface area contributed by atoms with Crippen LogP contribution in [0.3, 0.4) is 0 Å². The third-order valence-electron chi connectivity index (χ3n) is 35.8. The van der Waals surface area contributed by atoms with E-state index in [-0.39, 0.29) is 94.8 Å². The van der Waals surface area contributed by atoms with E-state index in [0.29, 0.717) is 169 Å². The monoisotopic (exact) mass is 2070 g/mol. The fraction of sp³-hybridized carbons (Fsp3) is 0.589. The van der Waals surface area contributed by atoms with E-state index in [1.165, 1.54) is 58.9 Å². The summed E-state index contributed by atoms with van der Waals surface area (Å²) in [5, 5.41) is 43.4. The Morgan fingerprint density at radius 3 is 1.04 bits per heavy atom. The van der Waals surface area contributed by atoms with Crippen molar-refractivity contribution in [2.75, 3.05) is 105 Å². The molecule has 6 saturated carbocycles. The second kappa shape index (κ2) is 45.2. The number of ether oxygens (including phenoxy) is 1. The number of benzene rings is 1. The lowest BCUT2D eigenvalue weighted by molar-refractivity contribution is -0.134. The number of fused-ring (bicyclic) bond motifs is 5. The molecule has 11 fully saturated rings. The molecule has 5 saturated heterocycles. The van der Waals surface area contributed by atoms with E-state index in [2.05, 4.69) is 80.1 Å². The summed E-state index contributed by atoms with van der Waals surface area (Å²) in [6.07, 6.45) is 39.9. The van der Waals surface area contributed by atoms with Gasteiger partial charge in [-0.05, 0) is 304 Å². The topological polar surface area (TPSA) is 435 Å². The molecule has 6 atom stereocenters. The Bertz CT molecular complexity index is 6000. The summed E-state index contributed by atoms with van der Waals surface area (Å²) in [5.41, 5.74) is 13.6. The van der Waals surface area contributed by atoms with Crippen LogP contribution in [0.25, 0.3) is 0 Å². The van der Waals surface area contributed by atoms with Gasteiger partial charge in [0.15, 0.2) is 0 Å². The Balaban J connectivity index is 0.000000118. The van der Waals surface area contributed by atoms with Gasteiger partial charge in [-0.1, -0.05) is 18.2 Å². The van der Waals surface area contributed by atoms with Crippen LogP contribution < -0.4 is 37.2 Å². The molecule has 37 nitrogen and oxygen atoms in total. The van der Waals surface area contributed by atoms with E-state index in [1.54, 1.807) is 68.9 Å². The minimum atomic E-state index is -0.792. The van der Waals surface area contributed by atoms with Gasteiger partial charge >= 0.3 is 42.3 Å². The van der Waals surface area contributed by atoms with Crippen molar-refractivity contribution >= 4 is 77.2 Å². The zero-order valence-electron chi connectivity index (χ0n) is 87.4. The number of thiazole rings is 1. The summed E-state index contributed by atoms with van der Waals surface area (Å²) >= 11 is 1.54. The number of nitrogens with one attached hydrogen (secondary N) is 7. The van der Waals surface area contributed by atoms with E-state index in [9.17, 15) is 63.1 Å². The van der Waals surface area contributed by atoms with Gasteiger partial charge in [0, 0.05) is 256 Å². The lowest BCUT2D eigenvalue weighted by Gasteiger charge is -2.42. The van der Waals surface area contributed by atoms with Crippen LogP contribution in [0.4, 0.5) is 33.6 Å². The molecule has 0 bridgehead atoms. The number of hydrogen-bond donors (Lipinski definition) is 8. The number of pyridine rings is 5. The zero-order chi connectivity index (χ0) is 105. The number of aromatic nitrogens is 6. The first-order chi connectivity index (χ1) is 72.3. The number of carbonyl (C=O) groups is 11. The van der Waals surface area contributed by atoms with Gasteiger partial charge in [-0.3, -0.25) is 44.1 Å². The van der Waals surface area contributed by atoms with Crippen LogP contribution in [-0.4, -0.2) is 272 Å². The van der Waals surface area contributed by atoms with Crippen LogP contribution in [0, 0.1) is 68.0 Å². The average molecular weight is 2070 g/mol. The van der Waals surface area contributed by atoms with E-state index in [0.717, 1.165) is 213 Å². The smallest absolute Gasteiger partial charge is 0.410 e. The zero-order valence-corrected chi connectivity index (χ0v) is 88.2. The molecule has 150 heavy (non-hydrogen) atoms. The third kappa shape index (κ3) is 25.5. The third-order valence-corrected chi connectivity index (χ3v) is 36.6. The fourth-order valence-corrected chi connectivity index (χ4v) is 25.5. The second-order valence-corrected chi connectivity index (χ2v) is 47.2. The van der Waals surface area contributed by atoms with Crippen molar-refractivity contribution in [3.05, 3.63) is 200 Å². The molecule has 798 valence electrons. The highest BCUT2D eigenvalue weighted by Crippen LogP contribution is 2.63. The first-order valence-corrected chi connectivity index (χ1v) is 55.1. The van der Waals surface area contributed by atoms with Crippen molar-refractivity contribution < 1.29 is 62.6 Å². The van der Waals surface area contributed by atoms with Gasteiger partial charge in [0.2, 0.25) is 23.6 Å². The highest BCUT2D eigenvalue weighted by molar-refractivity contribution is 7.09. The van der Waals surface area contributed by atoms with Gasteiger partial charge in [0.1, 0.15) is 11.1 Å². The highest BCUT2D eigenvalue weighted by Gasteiger charge is 2.60. The Labute approximate surface area is 882 Å². The summed E-state index contributed by atoms with van der Waals surface area (Å²) in [6, 6.07) is 19.5. The number of aliphatic hydroxyl groups is 1. The molecule has 16 aliphatic rings. The largest absolute Gasteiger partial charge is 0.445 e. The molecular weight excluding hydrogens is 1920 g/mol.